The van der Waals surface area contributed by atoms with Crippen molar-refractivity contribution >= 4 is 41.8 Å². The third kappa shape index (κ3) is 10.7. The van der Waals surface area contributed by atoms with Crippen molar-refractivity contribution in [3.05, 3.63) is 0 Å². The fraction of sp³-hybridized carbons (Fsp3) is 0.731. The topological polar surface area (TPSA) is 232 Å². The molecule has 2 rings (SSSR count). The zero-order valence-corrected chi connectivity index (χ0v) is 25.1. The highest BCUT2D eigenvalue weighted by Gasteiger charge is 2.55. The van der Waals surface area contributed by atoms with Gasteiger partial charge in [-0.15, -0.1) is 0 Å². The Balaban J connectivity index is 2.46. The van der Waals surface area contributed by atoms with Crippen LogP contribution in [0.25, 0.3) is 0 Å². The van der Waals surface area contributed by atoms with E-state index in [1.807, 2.05) is 0 Å². The lowest BCUT2D eigenvalue weighted by Gasteiger charge is -2.45. The molecule has 0 bridgehead atoms. The average molecular weight is 637 g/mol. The maximum absolute atomic E-state index is 12.0. The van der Waals surface area contributed by atoms with Crippen LogP contribution in [0.2, 0.25) is 0 Å². The number of aliphatic hydroxyl groups is 1. The molecule has 0 aliphatic carbocycles. The van der Waals surface area contributed by atoms with E-state index in [1.165, 1.54) is 0 Å². The predicted molar refractivity (Wildman–Crippen MR) is 135 cm³/mol. The number of esters is 7. The van der Waals surface area contributed by atoms with Gasteiger partial charge in [0.05, 0.1) is 6.61 Å². The van der Waals surface area contributed by atoms with Crippen molar-refractivity contribution in [3.8, 4) is 0 Å². The molecule has 1 N–H and O–H groups in total. The molecule has 2 heterocycles. The van der Waals surface area contributed by atoms with E-state index in [2.05, 4.69) is 0 Å². The first-order chi connectivity index (χ1) is 20.5. The zero-order valence-electron chi connectivity index (χ0n) is 25.1. The predicted octanol–water partition coefficient (Wildman–Crippen LogP) is -1.40. The maximum atomic E-state index is 12.0. The number of carbonyl (C=O) groups excluding carboxylic acids is 7. The molecule has 0 amide bonds. The molecule has 18 nitrogen and oxygen atoms in total. The van der Waals surface area contributed by atoms with E-state index < -0.39 is 116 Å². The third-order valence-electron chi connectivity index (χ3n) is 5.88. The lowest BCUT2D eigenvalue weighted by molar-refractivity contribution is -0.330. The Morgan fingerprint density at radius 3 is 1.39 bits per heavy atom. The van der Waals surface area contributed by atoms with Crippen molar-refractivity contribution in [1.82, 2.24) is 0 Å². The first-order valence-electron chi connectivity index (χ1n) is 13.3. The Morgan fingerprint density at radius 2 is 0.886 bits per heavy atom. The lowest BCUT2D eigenvalue weighted by atomic mass is 9.97. The van der Waals surface area contributed by atoms with E-state index in [0.717, 1.165) is 48.5 Å². The monoisotopic (exact) mass is 636 g/mol. The molecular weight excluding hydrogens is 600 g/mol. The van der Waals surface area contributed by atoms with Crippen molar-refractivity contribution in [3.63, 3.8) is 0 Å². The number of carbonyl (C=O) groups is 7. The quantitative estimate of drug-likeness (QED) is 0.203. The molecule has 0 spiro atoms. The molecule has 248 valence electrons. The van der Waals surface area contributed by atoms with Crippen LogP contribution < -0.4 is 0 Å². The van der Waals surface area contributed by atoms with E-state index in [4.69, 9.17) is 47.4 Å². The normalized spacial score (nSPS) is 31.5. The van der Waals surface area contributed by atoms with Crippen molar-refractivity contribution in [1.29, 1.82) is 0 Å². The van der Waals surface area contributed by atoms with Gasteiger partial charge in [-0.3, -0.25) is 33.6 Å². The third-order valence-corrected chi connectivity index (χ3v) is 5.88. The molecule has 0 unspecified atom stereocenters. The Hall–Kier alpha value is -3.87. The minimum Gasteiger partial charge on any atom is -0.463 e. The van der Waals surface area contributed by atoms with Gasteiger partial charge in [-0.2, -0.15) is 0 Å². The fourth-order valence-corrected chi connectivity index (χ4v) is 4.45. The molecule has 2 aliphatic heterocycles. The molecule has 0 aromatic heterocycles. The number of hydrogen-bond acceptors (Lipinski definition) is 18. The van der Waals surface area contributed by atoms with Crippen LogP contribution in [0.1, 0.15) is 48.5 Å². The van der Waals surface area contributed by atoms with Crippen LogP contribution in [0.4, 0.5) is 0 Å². The average Bonchev–Trinajstić information content (AvgIpc) is 2.87. The molecule has 44 heavy (non-hydrogen) atoms. The largest absolute Gasteiger partial charge is 0.463 e. The Labute approximate surface area is 251 Å². The van der Waals surface area contributed by atoms with E-state index in [1.54, 1.807) is 0 Å². The van der Waals surface area contributed by atoms with E-state index in [0.29, 0.717) is 0 Å². The molecular formula is C26H36O18. The summed E-state index contributed by atoms with van der Waals surface area (Å²) in [6.07, 6.45) is -15.6. The van der Waals surface area contributed by atoms with Crippen molar-refractivity contribution in [2.75, 3.05) is 13.2 Å². The van der Waals surface area contributed by atoms with Crippen LogP contribution >= 0.6 is 0 Å². The van der Waals surface area contributed by atoms with Crippen molar-refractivity contribution in [2.24, 2.45) is 0 Å². The molecule has 2 aliphatic rings. The summed E-state index contributed by atoms with van der Waals surface area (Å²) in [5.74, 6) is -5.95. The Bertz CT molecular complexity index is 1090. The standard InChI is InChI=1S/C26H36O18/c1-10(27)35-8-17-20(37-11(2)28)19(34)22(39-13(4)30)25(43-17)36-9-18-21(38-12(3)29)23(40-14(5)31)24(41-15(6)32)26(44-18)42-16(7)33/h17-26,34H,8-9H2,1-7H3/t17-,18-,19+,20-,21-,22-,23+,24-,25-,26-/m1/s1. The van der Waals surface area contributed by atoms with Gasteiger partial charge in [-0.25, -0.2) is 0 Å². The zero-order chi connectivity index (χ0) is 33.3. The molecule has 0 aromatic carbocycles. The summed E-state index contributed by atoms with van der Waals surface area (Å²) in [5.41, 5.74) is 0. The van der Waals surface area contributed by atoms with Gasteiger partial charge in [0.2, 0.25) is 12.4 Å². The van der Waals surface area contributed by atoms with Gasteiger partial charge in [0.15, 0.2) is 30.7 Å². The molecule has 2 fully saturated rings. The second-order valence-corrected chi connectivity index (χ2v) is 9.69. The first-order valence-corrected chi connectivity index (χ1v) is 13.3. The summed E-state index contributed by atoms with van der Waals surface area (Å²) in [5, 5.41) is 11.0. The van der Waals surface area contributed by atoms with Gasteiger partial charge in [0.25, 0.3) is 0 Å². The highest BCUT2D eigenvalue weighted by atomic mass is 16.8. The number of aliphatic hydroxyl groups excluding tert-OH is 1. The molecule has 2 saturated heterocycles. The van der Waals surface area contributed by atoms with Gasteiger partial charge in [-0.05, 0) is 0 Å². The van der Waals surface area contributed by atoms with Crippen molar-refractivity contribution in [2.45, 2.75) is 110 Å². The highest BCUT2D eigenvalue weighted by molar-refractivity contribution is 5.69. The van der Waals surface area contributed by atoms with Gasteiger partial charge in [0, 0.05) is 48.5 Å². The Kier molecular flexibility index (Phi) is 13.4. The minimum atomic E-state index is -1.76. The second-order valence-electron chi connectivity index (χ2n) is 9.69. The van der Waals surface area contributed by atoms with Crippen LogP contribution in [-0.4, -0.2) is 122 Å². The number of hydrogen-bond donors (Lipinski definition) is 1. The fourth-order valence-electron chi connectivity index (χ4n) is 4.45. The number of ether oxygens (including phenoxy) is 10. The van der Waals surface area contributed by atoms with Crippen LogP contribution in [0, 0.1) is 0 Å². The highest BCUT2D eigenvalue weighted by Crippen LogP contribution is 2.32. The van der Waals surface area contributed by atoms with Crippen LogP contribution in [0.3, 0.4) is 0 Å². The lowest BCUT2D eigenvalue weighted by Crippen LogP contribution is -2.64. The molecule has 10 atom stereocenters. The summed E-state index contributed by atoms with van der Waals surface area (Å²) >= 11 is 0. The van der Waals surface area contributed by atoms with E-state index in [-0.39, 0.29) is 0 Å². The maximum Gasteiger partial charge on any atom is 0.305 e. The second kappa shape index (κ2) is 16.3. The summed E-state index contributed by atoms with van der Waals surface area (Å²) in [6, 6.07) is 0. The molecule has 0 saturated carbocycles. The SMILES string of the molecule is CC(=O)OC[C@H]1O[C@@H](OC[C@H]2O[C@@H](OC(C)=O)[C@H](OC(C)=O)[C@@H](OC(C)=O)[C@@H]2OC(C)=O)[C@H](OC(C)=O)[C@@H](O)[C@@H]1OC(C)=O. The molecule has 18 heteroatoms. The van der Waals surface area contributed by atoms with E-state index >= 15 is 0 Å². The van der Waals surface area contributed by atoms with Crippen LogP contribution in [0.15, 0.2) is 0 Å². The van der Waals surface area contributed by atoms with Gasteiger partial charge >= 0.3 is 41.8 Å². The Morgan fingerprint density at radius 1 is 0.477 bits per heavy atom. The molecule has 0 radical (unpaired) electrons. The molecule has 0 aromatic rings. The minimum absolute atomic E-state index is 0.514. The van der Waals surface area contributed by atoms with Gasteiger partial charge in [0.1, 0.15) is 24.9 Å². The smallest absolute Gasteiger partial charge is 0.305 e. The number of rotatable bonds is 11. The van der Waals surface area contributed by atoms with Gasteiger partial charge in [-0.1, -0.05) is 0 Å². The van der Waals surface area contributed by atoms with E-state index in [9.17, 15) is 38.7 Å². The summed E-state index contributed by atoms with van der Waals surface area (Å²) in [6.45, 7) is 6.15. The summed E-state index contributed by atoms with van der Waals surface area (Å²) < 4.78 is 53.6. The summed E-state index contributed by atoms with van der Waals surface area (Å²) in [7, 11) is 0. The summed E-state index contributed by atoms with van der Waals surface area (Å²) in [4.78, 5) is 82.8. The van der Waals surface area contributed by atoms with Gasteiger partial charge < -0.3 is 52.5 Å². The van der Waals surface area contributed by atoms with Crippen molar-refractivity contribution < 1.29 is 86.0 Å². The van der Waals surface area contributed by atoms with Crippen LogP contribution in [0.5, 0.6) is 0 Å². The van der Waals surface area contributed by atoms with Crippen LogP contribution in [-0.2, 0) is 80.9 Å². The first kappa shape index (κ1) is 36.3.